The summed E-state index contributed by atoms with van der Waals surface area (Å²) in [5.74, 6) is 0. The molecule has 0 fully saturated rings. The Morgan fingerprint density at radius 3 is 2.76 bits per heavy atom. The van der Waals surface area contributed by atoms with E-state index in [0.29, 0.717) is 6.54 Å². The number of likely N-dealkylation sites (N-methyl/N-ethyl adjacent to an activating group) is 1. The fourth-order valence-corrected chi connectivity index (χ4v) is 1.61. The smallest absolute Gasteiger partial charge is 0.0902 e. The molecule has 0 saturated carbocycles. The van der Waals surface area contributed by atoms with Crippen LogP contribution < -0.4 is 0 Å². The fraction of sp³-hybridized carbons (Fsp3) is 0.357. The van der Waals surface area contributed by atoms with Crippen molar-refractivity contribution in [2.75, 3.05) is 13.6 Å². The zero-order chi connectivity index (χ0) is 12.5. The Balaban J connectivity index is 2.28. The highest BCUT2D eigenvalue weighted by atomic mass is 16.3. The number of nitrogens with zero attached hydrogens (tertiary/aromatic N) is 2. The van der Waals surface area contributed by atoms with Gasteiger partial charge >= 0.3 is 0 Å². The minimum atomic E-state index is -0.337. The first-order valence-corrected chi connectivity index (χ1v) is 5.79. The molecule has 0 bridgehead atoms. The third-order valence-electron chi connectivity index (χ3n) is 2.48. The highest BCUT2D eigenvalue weighted by Crippen LogP contribution is 2.05. The van der Waals surface area contributed by atoms with Gasteiger partial charge in [-0.05, 0) is 18.4 Å². The molecule has 3 nitrogen and oxygen atoms in total. The highest BCUT2D eigenvalue weighted by molar-refractivity contribution is 5.55. The van der Waals surface area contributed by atoms with E-state index in [1.807, 2.05) is 30.1 Å². The molecule has 0 aliphatic rings. The van der Waals surface area contributed by atoms with Gasteiger partial charge in [0.05, 0.1) is 12.4 Å². The molecule has 3 heteroatoms. The minimum absolute atomic E-state index is 0.337. The molecule has 0 heterocycles. The highest BCUT2D eigenvalue weighted by Gasteiger charge is 2.06. The number of aryl methyl sites for hydroxylation is 1. The second kappa shape index (κ2) is 7.63. The monoisotopic (exact) mass is 232 g/mol. The maximum Gasteiger partial charge on any atom is 0.0902 e. The third-order valence-corrected chi connectivity index (χ3v) is 2.48. The van der Waals surface area contributed by atoms with Crippen LogP contribution in [-0.4, -0.2) is 36.0 Å². The molecule has 0 saturated heterocycles. The molecule has 0 aliphatic carbocycles. The Bertz CT molecular complexity index is 348. The molecule has 0 radical (unpaired) electrons. The van der Waals surface area contributed by atoms with Gasteiger partial charge in [0.25, 0.3) is 0 Å². The van der Waals surface area contributed by atoms with E-state index >= 15 is 0 Å². The van der Waals surface area contributed by atoms with Gasteiger partial charge < -0.3 is 10.0 Å². The summed E-state index contributed by atoms with van der Waals surface area (Å²) >= 11 is 0. The number of hydrogen-bond donors (Lipinski definition) is 1. The summed E-state index contributed by atoms with van der Waals surface area (Å²) < 4.78 is 0. The maximum absolute atomic E-state index is 9.85. The summed E-state index contributed by atoms with van der Waals surface area (Å²) in [5, 5.41) is 9.85. The van der Waals surface area contributed by atoms with Crippen LogP contribution in [0, 0.1) is 0 Å². The number of aliphatic hydroxyl groups excluding tert-OH is 1. The normalized spacial score (nSPS) is 12.6. The number of aliphatic hydroxyl groups is 1. The van der Waals surface area contributed by atoms with E-state index in [0.717, 1.165) is 12.8 Å². The lowest BCUT2D eigenvalue weighted by Crippen LogP contribution is -2.28. The standard InChI is InChI=1S/C14H20N2O/c1-3-15-12-16(2)11-14(17)10-9-13-7-5-4-6-8-13/h3-8,12,14,17H,1,9-11H2,2H3. The summed E-state index contributed by atoms with van der Waals surface area (Å²) in [4.78, 5) is 5.76. The summed E-state index contributed by atoms with van der Waals surface area (Å²) in [7, 11) is 1.89. The number of aliphatic imine (C=N–C) groups is 1. The molecule has 1 aromatic rings. The number of rotatable bonds is 7. The first-order chi connectivity index (χ1) is 8.22. The van der Waals surface area contributed by atoms with Crippen molar-refractivity contribution in [1.29, 1.82) is 0 Å². The predicted octanol–water partition coefficient (Wildman–Crippen LogP) is 2.08. The van der Waals surface area contributed by atoms with E-state index in [-0.39, 0.29) is 6.10 Å². The zero-order valence-corrected chi connectivity index (χ0v) is 10.3. The van der Waals surface area contributed by atoms with Gasteiger partial charge in [-0.2, -0.15) is 0 Å². The van der Waals surface area contributed by atoms with Crippen LogP contribution >= 0.6 is 0 Å². The van der Waals surface area contributed by atoms with Gasteiger partial charge in [0.1, 0.15) is 0 Å². The van der Waals surface area contributed by atoms with Crippen molar-refractivity contribution >= 4 is 6.34 Å². The number of hydrogen-bond acceptors (Lipinski definition) is 2. The quantitative estimate of drug-likeness (QED) is 0.577. The lowest BCUT2D eigenvalue weighted by Gasteiger charge is -2.17. The second-order valence-corrected chi connectivity index (χ2v) is 4.06. The molecule has 1 rings (SSSR count). The largest absolute Gasteiger partial charge is 0.391 e. The third kappa shape index (κ3) is 5.88. The van der Waals surface area contributed by atoms with E-state index in [2.05, 4.69) is 23.7 Å². The van der Waals surface area contributed by atoms with Crippen LogP contribution in [-0.2, 0) is 6.42 Å². The van der Waals surface area contributed by atoms with Gasteiger partial charge in [0, 0.05) is 19.8 Å². The molecule has 0 spiro atoms. The Morgan fingerprint density at radius 1 is 1.41 bits per heavy atom. The average molecular weight is 232 g/mol. The fourth-order valence-electron chi connectivity index (χ4n) is 1.61. The van der Waals surface area contributed by atoms with E-state index in [9.17, 15) is 5.11 Å². The first-order valence-electron chi connectivity index (χ1n) is 5.79. The molecule has 0 aliphatic heterocycles. The van der Waals surface area contributed by atoms with Crippen LogP contribution in [0.5, 0.6) is 0 Å². The van der Waals surface area contributed by atoms with Crippen molar-refractivity contribution < 1.29 is 5.11 Å². The van der Waals surface area contributed by atoms with Gasteiger partial charge in [-0.25, -0.2) is 4.99 Å². The van der Waals surface area contributed by atoms with Gasteiger partial charge in [0.15, 0.2) is 0 Å². The van der Waals surface area contributed by atoms with Crippen molar-refractivity contribution in [2.24, 2.45) is 4.99 Å². The molecule has 17 heavy (non-hydrogen) atoms. The van der Waals surface area contributed by atoms with Crippen LogP contribution in [0.2, 0.25) is 0 Å². The van der Waals surface area contributed by atoms with Crippen LogP contribution in [0.1, 0.15) is 12.0 Å². The summed E-state index contributed by atoms with van der Waals surface area (Å²) in [5.41, 5.74) is 1.26. The molecule has 1 N–H and O–H groups in total. The molecule has 1 aromatic carbocycles. The topological polar surface area (TPSA) is 35.8 Å². The summed E-state index contributed by atoms with van der Waals surface area (Å²) in [6, 6.07) is 10.2. The van der Waals surface area contributed by atoms with Gasteiger partial charge in [-0.15, -0.1) is 0 Å². The van der Waals surface area contributed by atoms with Crippen molar-refractivity contribution in [3.63, 3.8) is 0 Å². The SMILES string of the molecule is C=CN=CN(C)CC(O)CCc1ccccc1. The van der Waals surface area contributed by atoms with Gasteiger partial charge in [-0.1, -0.05) is 36.9 Å². The minimum Gasteiger partial charge on any atom is -0.391 e. The van der Waals surface area contributed by atoms with Crippen LogP contribution in [0.25, 0.3) is 0 Å². The lowest BCUT2D eigenvalue weighted by molar-refractivity contribution is 0.142. The number of benzene rings is 1. The lowest BCUT2D eigenvalue weighted by atomic mass is 10.1. The molecule has 1 atom stereocenters. The van der Waals surface area contributed by atoms with Crippen molar-refractivity contribution in [2.45, 2.75) is 18.9 Å². The van der Waals surface area contributed by atoms with E-state index in [1.54, 1.807) is 6.34 Å². The molecule has 0 aromatic heterocycles. The Hall–Kier alpha value is -1.61. The molecule has 92 valence electrons. The molecule has 0 amide bonds. The van der Waals surface area contributed by atoms with Crippen molar-refractivity contribution in [3.8, 4) is 0 Å². The van der Waals surface area contributed by atoms with Crippen LogP contribution in [0.4, 0.5) is 0 Å². The molecular formula is C14H20N2O. The van der Waals surface area contributed by atoms with Crippen LogP contribution in [0.15, 0.2) is 48.1 Å². The van der Waals surface area contributed by atoms with E-state index in [1.165, 1.54) is 11.8 Å². The average Bonchev–Trinajstić information content (AvgIpc) is 2.35. The first kappa shape index (κ1) is 13.5. The second-order valence-electron chi connectivity index (χ2n) is 4.06. The summed E-state index contributed by atoms with van der Waals surface area (Å²) in [6.45, 7) is 4.09. The molecule has 1 unspecified atom stereocenters. The Kier molecular flexibility index (Phi) is 6.04. The van der Waals surface area contributed by atoms with Crippen molar-refractivity contribution in [3.05, 3.63) is 48.7 Å². The predicted molar refractivity (Wildman–Crippen MR) is 72.1 cm³/mol. The van der Waals surface area contributed by atoms with E-state index < -0.39 is 0 Å². The van der Waals surface area contributed by atoms with Crippen molar-refractivity contribution in [1.82, 2.24) is 4.90 Å². The Labute approximate surface area is 103 Å². The van der Waals surface area contributed by atoms with E-state index in [4.69, 9.17) is 0 Å². The Morgan fingerprint density at radius 2 is 2.12 bits per heavy atom. The van der Waals surface area contributed by atoms with Gasteiger partial charge in [0.2, 0.25) is 0 Å². The zero-order valence-electron chi connectivity index (χ0n) is 10.3. The van der Waals surface area contributed by atoms with Gasteiger partial charge in [-0.3, -0.25) is 0 Å². The molecular weight excluding hydrogens is 212 g/mol. The summed E-state index contributed by atoms with van der Waals surface area (Å²) in [6.07, 6.45) is 4.47. The van der Waals surface area contributed by atoms with Crippen LogP contribution in [0.3, 0.4) is 0 Å². The maximum atomic E-state index is 9.85.